The van der Waals surface area contributed by atoms with Gasteiger partial charge in [0.2, 0.25) is 0 Å². The molecular formula is C11H13FO2. The summed E-state index contributed by atoms with van der Waals surface area (Å²) in [6.07, 6.45) is 0.244. The van der Waals surface area contributed by atoms with Crippen molar-refractivity contribution in [1.82, 2.24) is 0 Å². The molecule has 0 amide bonds. The third kappa shape index (κ3) is 1.73. The summed E-state index contributed by atoms with van der Waals surface area (Å²) in [6.45, 7) is 2.28. The summed E-state index contributed by atoms with van der Waals surface area (Å²) in [4.78, 5) is 0. The van der Waals surface area contributed by atoms with E-state index < -0.39 is 0 Å². The Kier molecular flexibility index (Phi) is 2.42. The van der Waals surface area contributed by atoms with Crippen LogP contribution in [0.25, 0.3) is 0 Å². The van der Waals surface area contributed by atoms with Crippen LogP contribution in [-0.2, 0) is 0 Å². The van der Waals surface area contributed by atoms with E-state index in [4.69, 9.17) is 4.74 Å². The quantitative estimate of drug-likeness (QED) is 0.784. The third-order valence-corrected chi connectivity index (χ3v) is 2.48. The average molecular weight is 196 g/mol. The molecule has 1 aliphatic rings. The lowest BCUT2D eigenvalue weighted by Gasteiger charge is -2.10. The highest BCUT2D eigenvalue weighted by molar-refractivity contribution is 5.40. The van der Waals surface area contributed by atoms with Gasteiger partial charge in [0.05, 0.1) is 12.7 Å². The second kappa shape index (κ2) is 3.58. The molecule has 0 saturated heterocycles. The number of rotatable bonds is 2. The normalized spacial score (nSPS) is 21.5. The van der Waals surface area contributed by atoms with Crippen LogP contribution in [0.3, 0.4) is 0 Å². The SMILES string of the molecule is CC(O)CC1COc2ccc(F)cc21. The van der Waals surface area contributed by atoms with Gasteiger partial charge in [0.1, 0.15) is 11.6 Å². The van der Waals surface area contributed by atoms with E-state index in [0.29, 0.717) is 13.0 Å². The fourth-order valence-electron chi connectivity index (χ4n) is 1.86. The molecule has 0 spiro atoms. The molecule has 2 atom stereocenters. The first kappa shape index (κ1) is 9.46. The Morgan fingerprint density at radius 3 is 3.14 bits per heavy atom. The van der Waals surface area contributed by atoms with Crippen LogP contribution >= 0.6 is 0 Å². The molecule has 0 fully saturated rings. The lowest BCUT2D eigenvalue weighted by Crippen LogP contribution is -2.09. The van der Waals surface area contributed by atoms with Gasteiger partial charge in [-0.2, -0.15) is 0 Å². The van der Waals surface area contributed by atoms with Crippen LogP contribution in [0, 0.1) is 5.82 Å². The van der Waals surface area contributed by atoms with E-state index in [2.05, 4.69) is 0 Å². The van der Waals surface area contributed by atoms with Gasteiger partial charge in [0, 0.05) is 11.5 Å². The van der Waals surface area contributed by atoms with Gasteiger partial charge in [0.25, 0.3) is 0 Å². The van der Waals surface area contributed by atoms with Gasteiger partial charge in [0.15, 0.2) is 0 Å². The molecule has 3 heteroatoms. The van der Waals surface area contributed by atoms with Gasteiger partial charge in [-0.3, -0.25) is 0 Å². The summed E-state index contributed by atoms with van der Waals surface area (Å²) in [5.41, 5.74) is 0.880. The minimum Gasteiger partial charge on any atom is -0.493 e. The molecule has 0 radical (unpaired) electrons. The van der Waals surface area contributed by atoms with Crippen LogP contribution in [0.1, 0.15) is 24.8 Å². The maximum Gasteiger partial charge on any atom is 0.123 e. The number of aliphatic hydroxyl groups excluding tert-OH is 1. The Balaban J connectivity index is 2.24. The molecule has 76 valence electrons. The number of aliphatic hydroxyl groups is 1. The molecule has 2 nitrogen and oxygen atoms in total. The van der Waals surface area contributed by atoms with Crippen molar-refractivity contribution in [3.63, 3.8) is 0 Å². The zero-order valence-electron chi connectivity index (χ0n) is 8.03. The molecule has 1 aromatic carbocycles. The summed E-state index contributed by atoms with van der Waals surface area (Å²) >= 11 is 0. The minimum absolute atomic E-state index is 0.126. The predicted octanol–water partition coefficient (Wildman–Crippen LogP) is 2.07. The van der Waals surface area contributed by atoms with Crippen LogP contribution in [0.15, 0.2) is 18.2 Å². The number of hydrogen-bond donors (Lipinski definition) is 1. The second-order valence-electron chi connectivity index (χ2n) is 3.77. The first-order chi connectivity index (χ1) is 6.66. The first-order valence-corrected chi connectivity index (χ1v) is 4.77. The Labute approximate surface area is 82.3 Å². The molecule has 0 bridgehead atoms. The molecule has 0 aliphatic carbocycles. The fourth-order valence-corrected chi connectivity index (χ4v) is 1.86. The fraction of sp³-hybridized carbons (Fsp3) is 0.455. The van der Waals surface area contributed by atoms with Crippen LogP contribution in [-0.4, -0.2) is 17.8 Å². The molecular weight excluding hydrogens is 183 g/mol. The van der Waals surface area contributed by atoms with E-state index in [1.807, 2.05) is 0 Å². The largest absolute Gasteiger partial charge is 0.493 e. The van der Waals surface area contributed by atoms with Crippen molar-refractivity contribution in [2.24, 2.45) is 0 Å². The van der Waals surface area contributed by atoms with Crippen molar-refractivity contribution in [2.45, 2.75) is 25.4 Å². The van der Waals surface area contributed by atoms with Gasteiger partial charge in [-0.1, -0.05) is 0 Å². The first-order valence-electron chi connectivity index (χ1n) is 4.77. The monoisotopic (exact) mass is 196 g/mol. The molecule has 0 aromatic heterocycles. The standard InChI is InChI=1S/C11H13FO2/c1-7(13)4-8-6-14-11-3-2-9(12)5-10(8)11/h2-3,5,7-8,13H,4,6H2,1H3. The molecule has 1 heterocycles. The second-order valence-corrected chi connectivity index (χ2v) is 3.77. The van der Waals surface area contributed by atoms with E-state index in [9.17, 15) is 9.50 Å². The Hall–Kier alpha value is -1.09. The summed E-state index contributed by atoms with van der Waals surface area (Å²) in [7, 11) is 0. The molecule has 1 aromatic rings. The Bertz CT molecular complexity index is 336. The van der Waals surface area contributed by atoms with Crippen molar-refractivity contribution >= 4 is 0 Å². The maximum atomic E-state index is 13.0. The van der Waals surface area contributed by atoms with E-state index in [1.54, 1.807) is 13.0 Å². The van der Waals surface area contributed by atoms with Crippen LogP contribution in [0.5, 0.6) is 5.75 Å². The van der Waals surface area contributed by atoms with Crippen molar-refractivity contribution in [2.75, 3.05) is 6.61 Å². The van der Waals surface area contributed by atoms with Crippen molar-refractivity contribution in [1.29, 1.82) is 0 Å². The van der Waals surface area contributed by atoms with Gasteiger partial charge in [-0.25, -0.2) is 4.39 Å². The highest BCUT2D eigenvalue weighted by Gasteiger charge is 2.25. The Morgan fingerprint density at radius 1 is 1.64 bits per heavy atom. The third-order valence-electron chi connectivity index (χ3n) is 2.48. The van der Waals surface area contributed by atoms with Crippen LogP contribution in [0.2, 0.25) is 0 Å². The molecule has 14 heavy (non-hydrogen) atoms. The number of hydrogen-bond acceptors (Lipinski definition) is 2. The van der Waals surface area contributed by atoms with E-state index in [0.717, 1.165) is 11.3 Å². The highest BCUT2D eigenvalue weighted by Crippen LogP contribution is 2.36. The van der Waals surface area contributed by atoms with E-state index >= 15 is 0 Å². The molecule has 2 rings (SSSR count). The van der Waals surface area contributed by atoms with Crippen molar-refractivity contribution in [3.05, 3.63) is 29.6 Å². The zero-order valence-corrected chi connectivity index (χ0v) is 8.03. The number of ether oxygens (including phenoxy) is 1. The van der Waals surface area contributed by atoms with Gasteiger partial charge in [-0.05, 0) is 31.5 Å². The molecule has 1 aliphatic heterocycles. The van der Waals surface area contributed by atoms with Gasteiger partial charge < -0.3 is 9.84 Å². The number of fused-ring (bicyclic) bond motifs is 1. The van der Waals surface area contributed by atoms with Crippen LogP contribution < -0.4 is 4.74 Å². The van der Waals surface area contributed by atoms with E-state index in [1.165, 1.54) is 12.1 Å². The minimum atomic E-state index is -0.377. The van der Waals surface area contributed by atoms with Crippen molar-refractivity contribution < 1.29 is 14.2 Å². The zero-order chi connectivity index (χ0) is 10.1. The molecule has 1 N–H and O–H groups in total. The van der Waals surface area contributed by atoms with Gasteiger partial charge in [-0.15, -0.1) is 0 Å². The smallest absolute Gasteiger partial charge is 0.123 e. The molecule has 0 saturated carbocycles. The molecule has 2 unspecified atom stereocenters. The van der Waals surface area contributed by atoms with Crippen LogP contribution in [0.4, 0.5) is 4.39 Å². The summed E-state index contributed by atoms with van der Waals surface area (Å²) in [6, 6.07) is 4.53. The maximum absolute atomic E-state index is 13.0. The predicted molar refractivity (Wildman–Crippen MR) is 50.9 cm³/mol. The summed E-state index contributed by atoms with van der Waals surface area (Å²) in [5.74, 6) is 0.627. The summed E-state index contributed by atoms with van der Waals surface area (Å²) < 4.78 is 18.3. The van der Waals surface area contributed by atoms with Gasteiger partial charge >= 0.3 is 0 Å². The van der Waals surface area contributed by atoms with Crippen molar-refractivity contribution in [3.8, 4) is 5.75 Å². The topological polar surface area (TPSA) is 29.5 Å². The lowest BCUT2D eigenvalue weighted by atomic mass is 9.95. The lowest BCUT2D eigenvalue weighted by molar-refractivity contribution is 0.167. The highest BCUT2D eigenvalue weighted by atomic mass is 19.1. The summed E-state index contributed by atoms with van der Waals surface area (Å²) in [5, 5.41) is 9.26. The average Bonchev–Trinajstić information content (AvgIpc) is 2.47. The Morgan fingerprint density at radius 2 is 2.43 bits per heavy atom. The number of halogens is 1. The van der Waals surface area contributed by atoms with E-state index in [-0.39, 0.29) is 17.8 Å². The number of benzene rings is 1.